The molecule has 0 bridgehead atoms. The number of nitrogens with zero attached hydrogens (tertiary/aromatic N) is 4. The zero-order chi connectivity index (χ0) is 33.9. The summed E-state index contributed by atoms with van der Waals surface area (Å²) in [6, 6.07) is 9.53. The number of benzene rings is 1. The van der Waals surface area contributed by atoms with Crippen LogP contribution >= 0.6 is 13.5 Å². The molecular weight excluding hydrogens is 656 g/mol. The fourth-order valence-corrected chi connectivity index (χ4v) is 5.60. The summed E-state index contributed by atoms with van der Waals surface area (Å²) >= 11 is 0. The Balaban J connectivity index is 0.00000289. The molecule has 1 unspecified atom stereocenters. The van der Waals surface area contributed by atoms with E-state index in [4.69, 9.17) is 4.74 Å². The first-order valence-corrected chi connectivity index (χ1v) is 14.9. The number of anilines is 1. The highest BCUT2D eigenvalue weighted by Crippen LogP contribution is 2.34. The maximum Gasteiger partial charge on any atom is 0.388 e. The summed E-state index contributed by atoms with van der Waals surface area (Å²) in [5, 5.41) is 15.1. The van der Waals surface area contributed by atoms with Crippen molar-refractivity contribution in [3.05, 3.63) is 75.2 Å². The number of aromatic nitrogens is 2. The van der Waals surface area contributed by atoms with Gasteiger partial charge in [0, 0.05) is 47.4 Å². The van der Waals surface area contributed by atoms with Crippen LogP contribution in [0.5, 0.6) is 5.88 Å². The number of halogens is 4. The molecule has 2 aliphatic rings. The molecule has 2 amide bonds. The number of amides is 2. The van der Waals surface area contributed by atoms with Crippen LogP contribution in [0.25, 0.3) is 11.1 Å². The Kier molecular flexibility index (Phi) is 11.5. The first kappa shape index (κ1) is 36.4. The second-order valence-electron chi connectivity index (χ2n) is 11.6. The molecule has 2 N–H and O–H groups in total. The SMILES string of the molecule is C[C@@H](CNCc1cc(C(=O)Nc2cc(-c3ccc(C#N)cc3C(=O)N3CC(F)(F)C3)cc(OC(F)F)n2)c(=O)n(C)c1)C1CCCO1.S.[HH].[HH]. The topological polar surface area (TPSA) is 139 Å². The van der Waals surface area contributed by atoms with Gasteiger partial charge in [-0.15, -0.1) is 0 Å². The van der Waals surface area contributed by atoms with Gasteiger partial charge in [-0.3, -0.25) is 14.4 Å². The van der Waals surface area contributed by atoms with Crippen molar-refractivity contribution in [2.75, 3.05) is 31.6 Å². The van der Waals surface area contributed by atoms with Gasteiger partial charge in [0.2, 0.25) is 5.88 Å². The van der Waals surface area contributed by atoms with Gasteiger partial charge in [0.25, 0.3) is 23.3 Å². The van der Waals surface area contributed by atoms with Crippen LogP contribution in [0.2, 0.25) is 0 Å². The van der Waals surface area contributed by atoms with Gasteiger partial charge in [0.05, 0.1) is 30.8 Å². The van der Waals surface area contributed by atoms with Crippen molar-refractivity contribution in [2.24, 2.45) is 13.0 Å². The number of carbonyl (C=O) groups excluding carboxylic acids is 2. The standard InChI is InChI=1S/C32H32F4N6O5.H2S.2H2/c1-18(25-4-3-7-46-25)13-38-14-20-9-24(29(44)41(2)15-20)28(43)40-26-10-21(11-27(39-26)47-31(33)34)22-6-5-19(12-37)8-23(22)30(45)42-16-32(35,36)17-42;;;/h5-6,8-11,15,18,25,31,38H,3-4,7,13-14,16-17H2,1-2H3,(H,39,40,43);1H2;2*1H/t18-,25?;;;/m0.../s1. The van der Waals surface area contributed by atoms with E-state index in [9.17, 15) is 37.2 Å². The third-order valence-corrected chi connectivity index (χ3v) is 7.95. The van der Waals surface area contributed by atoms with Crippen LogP contribution in [-0.2, 0) is 18.3 Å². The zero-order valence-electron chi connectivity index (χ0n) is 26.1. The van der Waals surface area contributed by atoms with Crippen molar-refractivity contribution in [3.8, 4) is 23.1 Å². The smallest absolute Gasteiger partial charge is 0.388 e. The van der Waals surface area contributed by atoms with E-state index in [0.717, 1.165) is 30.4 Å². The second kappa shape index (κ2) is 15.2. The number of hydrogen-bond donors (Lipinski definition) is 2. The number of ether oxygens (including phenoxy) is 2. The number of aryl methyl sites for hydroxylation is 1. The third kappa shape index (κ3) is 8.52. The van der Waals surface area contributed by atoms with Crippen LogP contribution in [0.15, 0.2) is 47.4 Å². The normalized spacial score (nSPS) is 17.2. The van der Waals surface area contributed by atoms with E-state index in [2.05, 4.69) is 27.3 Å². The molecule has 3 aromatic rings. The molecule has 0 aliphatic carbocycles. The molecule has 1 aromatic carbocycles. The highest BCUT2D eigenvalue weighted by atomic mass is 32.1. The van der Waals surface area contributed by atoms with E-state index < -0.39 is 48.9 Å². The number of hydrogen-bond acceptors (Lipinski definition) is 8. The average Bonchev–Trinajstić information content (AvgIpc) is 3.55. The molecule has 2 aliphatic heterocycles. The van der Waals surface area contributed by atoms with E-state index >= 15 is 0 Å². The molecule has 2 fully saturated rings. The van der Waals surface area contributed by atoms with Crippen molar-refractivity contribution in [2.45, 2.75) is 44.9 Å². The Morgan fingerprint density at radius 2 is 1.96 bits per heavy atom. The molecule has 260 valence electrons. The van der Waals surface area contributed by atoms with Crippen LogP contribution < -0.4 is 20.9 Å². The van der Waals surface area contributed by atoms with Crippen molar-refractivity contribution in [1.82, 2.24) is 19.8 Å². The van der Waals surface area contributed by atoms with E-state index in [1.54, 1.807) is 6.20 Å². The number of carbonyl (C=O) groups is 2. The van der Waals surface area contributed by atoms with Gasteiger partial charge < -0.3 is 29.6 Å². The molecule has 0 radical (unpaired) electrons. The highest BCUT2D eigenvalue weighted by Gasteiger charge is 2.46. The Morgan fingerprint density at radius 3 is 2.60 bits per heavy atom. The molecule has 48 heavy (non-hydrogen) atoms. The molecule has 2 saturated heterocycles. The van der Waals surface area contributed by atoms with E-state index in [1.807, 2.05) is 6.07 Å². The van der Waals surface area contributed by atoms with Crippen molar-refractivity contribution >= 4 is 31.1 Å². The van der Waals surface area contributed by atoms with Crippen LogP contribution in [-0.4, -0.2) is 71.1 Å². The van der Waals surface area contributed by atoms with E-state index in [0.29, 0.717) is 18.7 Å². The maximum absolute atomic E-state index is 13.5. The maximum atomic E-state index is 13.5. The zero-order valence-corrected chi connectivity index (χ0v) is 27.1. The molecule has 11 nitrogen and oxygen atoms in total. The van der Waals surface area contributed by atoms with Gasteiger partial charge in [0.15, 0.2) is 0 Å². The van der Waals surface area contributed by atoms with Crippen molar-refractivity contribution in [3.63, 3.8) is 0 Å². The first-order chi connectivity index (χ1) is 22.3. The van der Waals surface area contributed by atoms with Crippen LogP contribution in [0, 0.1) is 17.2 Å². The minimum absolute atomic E-state index is 0. The monoisotopic (exact) mass is 694 g/mol. The van der Waals surface area contributed by atoms with Gasteiger partial charge in [-0.1, -0.05) is 13.0 Å². The molecule has 5 rings (SSSR count). The number of pyridine rings is 2. The van der Waals surface area contributed by atoms with Gasteiger partial charge in [-0.25, -0.2) is 8.78 Å². The summed E-state index contributed by atoms with van der Waals surface area (Å²) in [5.74, 6) is -5.40. The molecule has 4 heterocycles. The fourth-order valence-electron chi connectivity index (χ4n) is 5.60. The number of alkyl halides is 4. The van der Waals surface area contributed by atoms with Crippen LogP contribution in [0.3, 0.4) is 0 Å². The number of nitrogens with one attached hydrogen (secondary N) is 2. The highest BCUT2D eigenvalue weighted by molar-refractivity contribution is 7.59. The molecule has 0 spiro atoms. The van der Waals surface area contributed by atoms with E-state index in [1.165, 1.54) is 41.9 Å². The third-order valence-electron chi connectivity index (χ3n) is 7.95. The average molecular weight is 695 g/mol. The summed E-state index contributed by atoms with van der Waals surface area (Å²) in [7, 11) is 1.49. The van der Waals surface area contributed by atoms with Crippen molar-refractivity contribution < 1.29 is 39.5 Å². The predicted octanol–water partition coefficient (Wildman–Crippen LogP) is 4.77. The summed E-state index contributed by atoms with van der Waals surface area (Å²) in [4.78, 5) is 44.3. The minimum Gasteiger partial charge on any atom is -0.417 e. The Hall–Kier alpha value is -4.46. The Morgan fingerprint density at radius 1 is 1.21 bits per heavy atom. The van der Waals surface area contributed by atoms with Gasteiger partial charge in [-0.2, -0.15) is 32.5 Å². The summed E-state index contributed by atoms with van der Waals surface area (Å²) < 4.78 is 65.1. The van der Waals surface area contributed by atoms with Gasteiger partial charge in [-0.05, 0) is 59.7 Å². The summed E-state index contributed by atoms with van der Waals surface area (Å²) in [6.45, 7) is -1.12. The lowest BCUT2D eigenvalue weighted by Crippen LogP contribution is -2.58. The van der Waals surface area contributed by atoms with Crippen LogP contribution in [0.4, 0.5) is 23.4 Å². The molecule has 2 aromatic heterocycles. The number of nitriles is 1. The molecular formula is C32H38F4N6O5S. The Labute approximate surface area is 283 Å². The number of rotatable bonds is 11. The van der Waals surface area contributed by atoms with Crippen molar-refractivity contribution in [1.29, 1.82) is 5.26 Å². The summed E-state index contributed by atoms with van der Waals surface area (Å²) in [5.41, 5.74) is -0.172. The quantitative estimate of drug-likeness (QED) is 0.274. The lowest BCUT2D eigenvalue weighted by Gasteiger charge is -2.39. The lowest BCUT2D eigenvalue weighted by atomic mass is 9.96. The predicted molar refractivity (Wildman–Crippen MR) is 176 cm³/mol. The van der Waals surface area contributed by atoms with E-state index in [-0.39, 0.29) is 62.0 Å². The fraction of sp³-hybridized carbons (Fsp3) is 0.406. The lowest BCUT2D eigenvalue weighted by molar-refractivity contribution is -0.113. The first-order valence-electron chi connectivity index (χ1n) is 14.9. The minimum atomic E-state index is -3.30. The molecule has 0 saturated carbocycles. The molecule has 2 atom stereocenters. The van der Waals surface area contributed by atoms with Crippen LogP contribution in [0.1, 0.15) is 54.5 Å². The van der Waals surface area contributed by atoms with Gasteiger partial charge in [0.1, 0.15) is 11.4 Å². The summed E-state index contributed by atoms with van der Waals surface area (Å²) in [6.07, 6.45) is 3.78. The largest absolute Gasteiger partial charge is 0.417 e. The van der Waals surface area contributed by atoms with Gasteiger partial charge >= 0.3 is 6.61 Å². The molecule has 16 heteroatoms. The Bertz CT molecular complexity index is 1780. The second-order valence-corrected chi connectivity index (χ2v) is 11.6. The number of likely N-dealkylation sites (tertiary alicyclic amines) is 1.